The fraction of sp³-hybridized carbons (Fsp3) is 0.444. The summed E-state index contributed by atoms with van der Waals surface area (Å²) < 4.78 is 5.57. The van der Waals surface area contributed by atoms with Gasteiger partial charge >= 0.3 is 12.1 Å². The molecule has 3 unspecified atom stereocenters. The summed E-state index contributed by atoms with van der Waals surface area (Å²) >= 11 is 0. The van der Waals surface area contributed by atoms with Gasteiger partial charge < -0.3 is 25.2 Å². The van der Waals surface area contributed by atoms with Crippen LogP contribution in [0, 0.1) is 11.8 Å². The third-order valence-electron chi connectivity index (χ3n) is 6.90. The lowest BCUT2D eigenvalue weighted by molar-refractivity contribution is -0.139. The molecule has 2 aliphatic rings. The van der Waals surface area contributed by atoms with Crippen LogP contribution >= 0.6 is 0 Å². The van der Waals surface area contributed by atoms with Gasteiger partial charge in [-0.2, -0.15) is 0 Å². The first-order chi connectivity index (χ1) is 16.9. The second-order valence-corrected chi connectivity index (χ2v) is 9.59. The first-order valence-corrected chi connectivity index (χ1v) is 12.1. The van der Waals surface area contributed by atoms with Crippen molar-refractivity contribution < 1.29 is 29.3 Å². The first kappa shape index (κ1) is 24.7. The van der Waals surface area contributed by atoms with Crippen LogP contribution in [0.1, 0.15) is 43.2 Å². The molecular formula is C27H32N2O6. The predicted molar refractivity (Wildman–Crippen MR) is 130 cm³/mol. The summed E-state index contributed by atoms with van der Waals surface area (Å²) in [4.78, 5) is 38.8. The molecule has 0 aromatic heterocycles. The molecule has 2 amide bonds. The number of ether oxygens (including phenoxy) is 1. The number of nitrogens with zero attached hydrogens (tertiary/aromatic N) is 1. The molecule has 1 fully saturated rings. The first-order valence-electron chi connectivity index (χ1n) is 12.1. The third-order valence-corrected chi connectivity index (χ3v) is 6.90. The molecular weight excluding hydrogens is 448 g/mol. The number of hydrogen-bond acceptors (Lipinski definition) is 5. The number of aliphatic carboxylic acids is 1. The van der Waals surface area contributed by atoms with E-state index in [1.165, 1.54) is 0 Å². The molecule has 186 valence electrons. The minimum Gasteiger partial charge on any atom is -0.481 e. The Bertz CT molecular complexity index is 1040. The Kier molecular flexibility index (Phi) is 7.70. The minimum absolute atomic E-state index is 0.0201. The molecule has 1 heterocycles. The maximum Gasteiger partial charge on any atom is 0.407 e. The number of fused-ring (bicyclic) bond motifs is 3. The van der Waals surface area contributed by atoms with E-state index in [-0.39, 0.29) is 49.7 Å². The van der Waals surface area contributed by atoms with Gasteiger partial charge in [0.1, 0.15) is 12.6 Å². The number of carbonyl (C=O) groups excluding carboxylic acids is 2. The van der Waals surface area contributed by atoms with Gasteiger partial charge in [-0.05, 0) is 46.9 Å². The molecule has 1 aliphatic heterocycles. The summed E-state index contributed by atoms with van der Waals surface area (Å²) in [6, 6.07) is 15.0. The van der Waals surface area contributed by atoms with Gasteiger partial charge in [0.05, 0.1) is 0 Å². The zero-order valence-corrected chi connectivity index (χ0v) is 19.9. The second kappa shape index (κ2) is 10.9. The topological polar surface area (TPSA) is 116 Å². The van der Waals surface area contributed by atoms with E-state index in [9.17, 15) is 19.5 Å². The summed E-state index contributed by atoms with van der Waals surface area (Å²) in [6.07, 6.45) is -0.223. The Morgan fingerprint density at radius 1 is 1.06 bits per heavy atom. The summed E-state index contributed by atoms with van der Waals surface area (Å²) in [6.45, 7) is 2.98. The number of carbonyl (C=O) groups is 3. The van der Waals surface area contributed by atoms with Gasteiger partial charge in [-0.3, -0.25) is 9.59 Å². The van der Waals surface area contributed by atoms with E-state index < -0.39 is 18.1 Å². The minimum atomic E-state index is -1.04. The molecule has 35 heavy (non-hydrogen) atoms. The Hall–Kier alpha value is -3.39. The molecule has 0 bridgehead atoms. The van der Waals surface area contributed by atoms with Gasteiger partial charge in [-0.15, -0.1) is 0 Å². The maximum absolute atomic E-state index is 13.2. The third kappa shape index (κ3) is 5.65. The second-order valence-electron chi connectivity index (χ2n) is 9.59. The molecule has 4 rings (SSSR count). The quantitative estimate of drug-likeness (QED) is 0.534. The van der Waals surface area contributed by atoms with E-state index in [2.05, 4.69) is 5.32 Å². The van der Waals surface area contributed by atoms with Crippen molar-refractivity contribution in [2.24, 2.45) is 11.8 Å². The van der Waals surface area contributed by atoms with Crippen molar-refractivity contribution >= 4 is 18.0 Å². The summed E-state index contributed by atoms with van der Waals surface area (Å²) in [7, 11) is 0. The summed E-state index contributed by atoms with van der Waals surface area (Å²) in [5, 5.41) is 21.3. The molecule has 0 spiro atoms. The van der Waals surface area contributed by atoms with Gasteiger partial charge in [0.2, 0.25) is 5.91 Å². The average molecular weight is 481 g/mol. The number of benzene rings is 2. The number of amides is 2. The van der Waals surface area contributed by atoms with Crippen molar-refractivity contribution in [3.63, 3.8) is 0 Å². The highest BCUT2D eigenvalue weighted by Gasteiger charge is 2.34. The Morgan fingerprint density at radius 3 is 2.29 bits per heavy atom. The molecule has 0 radical (unpaired) electrons. The smallest absolute Gasteiger partial charge is 0.407 e. The van der Waals surface area contributed by atoms with Crippen LogP contribution in [0.15, 0.2) is 48.5 Å². The number of nitrogens with one attached hydrogen (secondary N) is 1. The van der Waals surface area contributed by atoms with E-state index in [0.29, 0.717) is 13.1 Å². The van der Waals surface area contributed by atoms with Crippen molar-refractivity contribution in [2.45, 2.75) is 38.1 Å². The number of aliphatic hydroxyl groups is 1. The SMILES string of the molecule is CC1CC(CO)CN(C(=O)C(CCC(=O)O)NC(=O)OCC2c3ccccc3-c3ccccc32)C1. The number of aliphatic hydroxyl groups excluding tert-OH is 1. The van der Waals surface area contributed by atoms with Crippen molar-refractivity contribution in [2.75, 3.05) is 26.3 Å². The number of likely N-dealkylation sites (tertiary alicyclic amines) is 1. The van der Waals surface area contributed by atoms with E-state index in [0.717, 1.165) is 28.7 Å². The maximum atomic E-state index is 13.2. The lowest BCUT2D eigenvalue weighted by atomic mass is 9.90. The van der Waals surface area contributed by atoms with Crippen LogP contribution in [0.2, 0.25) is 0 Å². The van der Waals surface area contributed by atoms with E-state index in [4.69, 9.17) is 9.84 Å². The number of rotatable bonds is 8. The molecule has 2 aromatic carbocycles. The Morgan fingerprint density at radius 2 is 1.69 bits per heavy atom. The van der Waals surface area contributed by atoms with Crippen molar-refractivity contribution in [1.29, 1.82) is 0 Å². The van der Waals surface area contributed by atoms with Gasteiger partial charge in [0, 0.05) is 32.0 Å². The molecule has 8 nitrogen and oxygen atoms in total. The van der Waals surface area contributed by atoms with Crippen molar-refractivity contribution in [3.8, 4) is 11.1 Å². The zero-order valence-electron chi connectivity index (χ0n) is 19.9. The van der Waals surface area contributed by atoms with E-state index >= 15 is 0 Å². The number of hydrogen-bond donors (Lipinski definition) is 3. The fourth-order valence-corrected chi connectivity index (χ4v) is 5.32. The summed E-state index contributed by atoms with van der Waals surface area (Å²) in [5.41, 5.74) is 4.39. The van der Waals surface area contributed by atoms with Crippen LogP contribution in [0.25, 0.3) is 11.1 Å². The van der Waals surface area contributed by atoms with Crippen LogP contribution < -0.4 is 5.32 Å². The highest BCUT2D eigenvalue weighted by molar-refractivity contribution is 5.86. The molecule has 3 N–H and O–H groups in total. The Labute approximate surface area is 204 Å². The van der Waals surface area contributed by atoms with Crippen LogP contribution in [0.4, 0.5) is 4.79 Å². The van der Waals surface area contributed by atoms with Crippen LogP contribution in [0.3, 0.4) is 0 Å². The lowest BCUT2D eigenvalue weighted by Gasteiger charge is -2.37. The molecule has 1 aliphatic carbocycles. The number of carboxylic acid groups (broad SMARTS) is 1. The van der Waals surface area contributed by atoms with Crippen molar-refractivity contribution in [1.82, 2.24) is 10.2 Å². The molecule has 1 saturated heterocycles. The van der Waals surface area contributed by atoms with Crippen molar-refractivity contribution in [3.05, 3.63) is 59.7 Å². The van der Waals surface area contributed by atoms with Crippen LogP contribution in [-0.4, -0.2) is 65.4 Å². The highest BCUT2D eigenvalue weighted by atomic mass is 16.5. The lowest BCUT2D eigenvalue weighted by Crippen LogP contribution is -2.53. The van der Waals surface area contributed by atoms with Gasteiger partial charge in [0.15, 0.2) is 0 Å². The molecule has 8 heteroatoms. The largest absolute Gasteiger partial charge is 0.481 e. The van der Waals surface area contributed by atoms with Gasteiger partial charge in [-0.25, -0.2) is 4.79 Å². The van der Waals surface area contributed by atoms with Crippen LogP contribution in [0.5, 0.6) is 0 Å². The number of piperidine rings is 1. The highest BCUT2D eigenvalue weighted by Crippen LogP contribution is 2.44. The Balaban J connectivity index is 1.43. The zero-order chi connectivity index (χ0) is 24.9. The molecule has 0 saturated carbocycles. The molecule has 3 atom stereocenters. The van der Waals surface area contributed by atoms with E-state index in [1.807, 2.05) is 55.5 Å². The van der Waals surface area contributed by atoms with Crippen LogP contribution in [-0.2, 0) is 14.3 Å². The van der Waals surface area contributed by atoms with E-state index in [1.54, 1.807) is 4.90 Å². The number of carboxylic acids is 1. The summed E-state index contributed by atoms with van der Waals surface area (Å²) in [5.74, 6) is -1.33. The predicted octanol–water partition coefficient (Wildman–Crippen LogP) is 3.24. The van der Waals surface area contributed by atoms with Gasteiger partial charge in [-0.1, -0.05) is 55.5 Å². The number of alkyl carbamates (subject to hydrolysis) is 1. The average Bonchev–Trinajstić information content (AvgIpc) is 3.18. The fourth-order valence-electron chi connectivity index (χ4n) is 5.32. The standard InChI is InChI=1S/C27H32N2O6/c1-17-12-18(15-30)14-29(13-17)26(33)24(10-11-25(31)32)28-27(34)35-16-23-21-8-4-2-6-19(21)20-7-3-5-9-22(20)23/h2-9,17-18,23-24,30H,10-16H2,1H3,(H,28,34)(H,31,32). The normalized spacial score (nSPS) is 20.0. The monoisotopic (exact) mass is 480 g/mol. The van der Waals surface area contributed by atoms with Gasteiger partial charge in [0.25, 0.3) is 0 Å². The molecule has 2 aromatic rings.